The summed E-state index contributed by atoms with van der Waals surface area (Å²) in [6, 6.07) is 9.89. The third-order valence-electron chi connectivity index (χ3n) is 4.64. The fourth-order valence-corrected chi connectivity index (χ4v) is 3.27. The quantitative estimate of drug-likeness (QED) is 0.558. The van der Waals surface area contributed by atoms with Gasteiger partial charge in [-0.05, 0) is 50.1 Å². The predicted octanol–water partition coefficient (Wildman–Crippen LogP) is 3.40. The summed E-state index contributed by atoms with van der Waals surface area (Å²) in [5.41, 5.74) is 2.61. The summed E-state index contributed by atoms with van der Waals surface area (Å²) in [6.07, 6.45) is 1.91. The largest absolute Gasteiger partial charge is 0.458 e. The average molecular weight is 351 g/mol. The Morgan fingerprint density at radius 1 is 1.12 bits per heavy atom. The van der Waals surface area contributed by atoms with Gasteiger partial charge in [-0.25, -0.2) is 4.68 Å². The van der Waals surface area contributed by atoms with Crippen molar-refractivity contribution in [1.29, 1.82) is 0 Å². The number of rotatable bonds is 3. The molecule has 0 radical (unpaired) electrons. The topological polar surface area (TPSA) is 92.0 Å². The van der Waals surface area contributed by atoms with Crippen molar-refractivity contribution in [2.24, 2.45) is 0 Å². The molecule has 0 unspecified atom stereocenters. The standard InChI is InChI=1S/C18H17N5O3/c1-11-2-5-16(25-11)17-19-18(26-21-17)12-3-4-15-14(10-12)20-22-23(15)13-6-8-24-9-7-13/h2-5,10,13H,6-9H2,1H3. The minimum absolute atomic E-state index is 0.330. The maximum atomic E-state index is 5.54. The summed E-state index contributed by atoms with van der Waals surface area (Å²) >= 11 is 0. The number of aromatic nitrogens is 5. The van der Waals surface area contributed by atoms with E-state index >= 15 is 0 Å². The van der Waals surface area contributed by atoms with Crippen molar-refractivity contribution in [3.05, 3.63) is 36.1 Å². The predicted molar refractivity (Wildman–Crippen MR) is 92.3 cm³/mol. The molecular formula is C18H17N5O3. The Labute approximate surface area is 148 Å². The number of hydrogen-bond acceptors (Lipinski definition) is 7. The Balaban J connectivity index is 1.47. The van der Waals surface area contributed by atoms with E-state index in [1.54, 1.807) is 0 Å². The SMILES string of the molecule is Cc1ccc(-c2noc(-c3ccc4c(c3)nnn4C3CCOCC3)n2)o1. The molecule has 26 heavy (non-hydrogen) atoms. The van der Waals surface area contributed by atoms with Crippen LogP contribution >= 0.6 is 0 Å². The smallest absolute Gasteiger partial charge is 0.258 e. The van der Waals surface area contributed by atoms with Crippen LogP contribution in [0.25, 0.3) is 34.1 Å². The minimum atomic E-state index is 0.330. The van der Waals surface area contributed by atoms with E-state index in [0.717, 1.165) is 48.4 Å². The van der Waals surface area contributed by atoms with E-state index in [2.05, 4.69) is 20.5 Å². The molecule has 5 rings (SSSR count). The molecule has 132 valence electrons. The molecule has 0 atom stereocenters. The van der Waals surface area contributed by atoms with Crippen molar-refractivity contribution >= 4 is 11.0 Å². The zero-order valence-corrected chi connectivity index (χ0v) is 14.3. The van der Waals surface area contributed by atoms with Crippen LogP contribution in [0.4, 0.5) is 0 Å². The van der Waals surface area contributed by atoms with Crippen LogP contribution in [0.2, 0.25) is 0 Å². The molecule has 8 nitrogen and oxygen atoms in total. The van der Waals surface area contributed by atoms with Gasteiger partial charge in [-0.2, -0.15) is 4.98 Å². The second-order valence-electron chi connectivity index (χ2n) is 6.41. The molecule has 4 aromatic rings. The van der Waals surface area contributed by atoms with Crippen LogP contribution < -0.4 is 0 Å². The third kappa shape index (κ3) is 2.59. The van der Waals surface area contributed by atoms with E-state index in [1.165, 1.54) is 0 Å². The maximum absolute atomic E-state index is 5.54. The molecule has 0 amide bonds. The number of benzene rings is 1. The van der Waals surface area contributed by atoms with Gasteiger partial charge in [0.25, 0.3) is 5.89 Å². The monoisotopic (exact) mass is 351 g/mol. The van der Waals surface area contributed by atoms with Crippen molar-refractivity contribution in [3.63, 3.8) is 0 Å². The molecule has 8 heteroatoms. The minimum Gasteiger partial charge on any atom is -0.458 e. The Morgan fingerprint density at radius 2 is 2.00 bits per heavy atom. The van der Waals surface area contributed by atoms with Crippen LogP contribution in [0.1, 0.15) is 24.6 Å². The lowest BCUT2D eigenvalue weighted by molar-refractivity contribution is 0.0669. The number of furan rings is 1. The van der Waals surface area contributed by atoms with E-state index in [4.69, 9.17) is 13.7 Å². The second kappa shape index (κ2) is 6.06. The van der Waals surface area contributed by atoms with E-state index in [-0.39, 0.29) is 0 Å². The van der Waals surface area contributed by atoms with Gasteiger partial charge in [0.15, 0.2) is 5.76 Å². The number of hydrogen-bond donors (Lipinski definition) is 0. The van der Waals surface area contributed by atoms with Crippen LogP contribution in [0.3, 0.4) is 0 Å². The molecule has 0 saturated carbocycles. The Bertz CT molecular complexity index is 1060. The molecular weight excluding hydrogens is 334 g/mol. The third-order valence-corrected chi connectivity index (χ3v) is 4.64. The first-order valence-electron chi connectivity index (χ1n) is 8.61. The molecule has 0 N–H and O–H groups in total. The van der Waals surface area contributed by atoms with Gasteiger partial charge < -0.3 is 13.7 Å². The van der Waals surface area contributed by atoms with Crippen LogP contribution in [0.5, 0.6) is 0 Å². The lowest BCUT2D eigenvalue weighted by atomic mass is 10.1. The number of fused-ring (bicyclic) bond motifs is 1. The molecule has 1 aliphatic rings. The lowest BCUT2D eigenvalue weighted by Gasteiger charge is -2.22. The van der Waals surface area contributed by atoms with Gasteiger partial charge in [-0.1, -0.05) is 10.4 Å². The molecule has 0 bridgehead atoms. The first kappa shape index (κ1) is 15.3. The molecule has 3 aromatic heterocycles. The summed E-state index contributed by atoms with van der Waals surface area (Å²) in [5, 5.41) is 12.7. The van der Waals surface area contributed by atoms with Crippen LogP contribution in [0, 0.1) is 6.92 Å². The van der Waals surface area contributed by atoms with E-state index in [0.29, 0.717) is 23.5 Å². The molecule has 1 aromatic carbocycles. The van der Waals surface area contributed by atoms with Crippen molar-refractivity contribution in [2.75, 3.05) is 13.2 Å². The summed E-state index contributed by atoms with van der Waals surface area (Å²) < 4.78 is 18.4. The highest BCUT2D eigenvalue weighted by Crippen LogP contribution is 2.28. The first-order chi connectivity index (χ1) is 12.8. The van der Waals surface area contributed by atoms with Crippen molar-refractivity contribution < 1.29 is 13.7 Å². The lowest BCUT2D eigenvalue weighted by Crippen LogP contribution is -2.20. The summed E-state index contributed by atoms with van der Waals surface area (Å²) in [4.78, 5) is 4.42. The fraction of sp³-hybridized carbons (Fsp3) is 0.333. The van der Waals surface area contributed by atoms with Crippen LogP contribution in [-0.2, 0) is 4.74 Å². The molecule has 1 aliphatic heterocycles. The van der Waals surface area contributed by atoms with Crippen LogP contribution in [0.15, 0.2) is 39.3 Å². The van der Waals surface area contributed by atoms with Crippen molar-refractivity contribution in [1.82, 2.24) is 25.1 Å². The van der Waals surface area contributed by atoms with Crippen molar-refractivity contribution in [2.45, 2.75) is 25.8 Å². The van der Waals surface area contributed by atoms with Gasteiger partial charge >= 0.3 is 0 Å². The highest BCUT2D eigenvalue weighted by atomic mass is 16.5. The number of ether oxygens (including phenoxy) is 1. The molecule has 0 aliphatic carbocycles. The Hall–Kier alpha value is -3.00. The summed E-state index contributed by atoms with van der Waals surface area (Å²) in [5.74, 6) is 2.25. The summed E-state index contributed by atoms with van der Waals surface area (Å²) in [7, 11) is 0. The Morgan fingerprint density at radius 3 is 2.81 bits per heavy atom. The summed E-state index contributed by atoms with van der Waals surface area (Å²) in [6.45, 7) is 3.41. The molecule has 1 fully saturated rings. The van der Waals surface area contributed by atoms with E-state index in [9.17, 15) is 0 Å². The molecule has 1 saturated heterocycles. The highest BCUT2D eigenvalue weighted by molar-refractivity contribution is 5.79. The molecule has 0 spiro atoms. The van der Waals surface area contributed by atoms with Gasteiger partial charge in [-0.3, -0.25) is 0 Å². The fourth-order valence-electron chi connectivity index (χ4n) is 3.27. The van der Waals surface area contributed by atoms with Gasteiger partial charge in [-0.15, -0.1) is 5.10 Å². The van der Waals surface area contributed by atoms with Crippen LogP contribution in [-0.4, -0.2) is 38.3 Å². The van der Waals surface area contributed by atoms with Gasteiger partial charge in [0.05, 0.1) is 11.6 Å². The molecule has 4 heterocycles. The number of nitrogens with zero attached hydrogens (tertiary/aromatic N) is 5. The van der Waals surface area contributed by atoms with E-state index in [1.807, 2.05) is 41.9 Å². The first-order valence-corrected chi connectivity index (χ1v) is 8.61. The van der Waals surface area contributed by atoms with Crippen molar-refractivity contribution in [3.8, 4) is 23.0 Å². The number of aryl methyl sites for hydroxylation is 1. The van der Waals surface area contributed by atoms with Gasteiger partial charge in [0.2, 0.25) is 5.82 Å². The van der Waals surface area contributed by atoms with Gasteiger partial charge in [0.1, 0.15) is 11.3 Å². The maximum Gasteiger partial charge on any atom is 0.258 e. The second-order valence-corrected chi connectivity index (χ2v) is 6.41. The average Bonchev–Trinajstić information content (AvgIpc) is 3.41. The zero-order chi connectivity index (χ0) is 17.5. The van der Waals surface area contributed by atoms with E-state index < -0.39 is 0 Å². The zero-order valence-electron chi connectivity index (χ0n) is 14.3. The highest BCUT2D eigenvalue weighted by Gasteiger charge is 2.20. The van der Waals surface area contributed by atoms with Gasteiger partial charge in [0, 0.05) is 18.8 Å². The Kier molecular flexibility index (Phi) is 3.56. The normalized spacial score (nSPS) is 15.7.